The maximum absolute atomic E-state index is 5.99. The summed E-state index contributed by atoms with van der Waals surface area (Å²) in [7, 11) is 0. The highest BCUT2D eigenvalue weighted by Crippen LogP contribution is 2.19. The topological polar surface area (TPSA) is 55.9 Å². The second kappa shape index (κ2) is 4.78. The molecule has 0 aromatic carbocycles. The minimum Gasteiger partial charge on any atom is -0.332 e. The Balaban J connectivity index is 1.71. The molecule has 2 aliphatic rings. The van der Waals surface area contributed by atoms with Gasteiger partial charge in [-0.1, -0.05) is 6.42 Å². The van der Waals surface area contributed by atoms with E-state index in [0.29, 0.717) is 12.1 Å². The molecule has 0 amide bonds. The third-order valence-corrected chi connectivity index (χ3v) is 4.06. The fraction of sp³-hybridized carbons (Fsp3) is 0.769. The van der Waals surface area contributed by atoms with Gasteiger partial charge in [0.05, 0.1) is 0 Å². The molecule has 1 fully saturated rings. The molecule has 0 aliphatic carbocycles. The van der Waals surface area contributed by atoms with Crippen LogP contribution in [0.15, 0.2) is 6.20 Å². The van der Waals surface area contributed by atoms with Crippen molar-refractivity contribution in [3.8, 4) is 0 Å². The summed E-state index contributed by atoms with van der Waals surface area (Å²) in [5, 5.41) is 3.59. The van der Waals surface area contributed by atoms with Crippen LogP contribution >= 0.6 is 0 Å². The van der Waals surface area contributed by atoms with E-state index in [0.717, 1.165) is 25.8 Å². The molecule has 17 heavy (non-hydrogen) atoms. The predicted octanol–water partition coefficient (Wildman–Crippen LogP) is 0.841. The van der Waals surface area contributed by atoms with Crippen LogP contribution in [-0.4, -0.2) is 28.2 Å². The van der Waals surface area contributed by atoms with Gasteiger partial charge in [-0.2, -0.15) is 0 Å². The smallest absolute Gasteiger partial charge is 0.110 e. The highest BCUT2D eigenvalue weighted by molar-refractivity contribution is 5.11. The second-order valence-electron chi connectivity index (χ2n) is 5.42. The van der Waals surface area contributed by atoms with Gasteiger partial charge in [0.1, 0.15) is 5.82 Å². The van der Waals surface area contributed by atoms with Crippen molar-refractivity contribution in [2.75, 3.05) is 6.54 Å². The van der Waals surface area contributed by atoms with Crippen molar-refractivity contribution < 1.29 is 0 Å². The third kappa shape index (κ3) is 2.38. The number of hydrogen-bond donors (Lipinski definition) is 2. The van der Waals surface area contributed by atoms with Crippen LogP contribution in [0.3, 0.4) is 0 Å². The Morgan fingerprint density at radius 1 is 1.41 bits per heavy atom. The van der Waals surface area contributed by atoms with Gasteiger partial charge in [0.15, 0.2) is 0 Å². The minimum atomic E-state index is 0.333. The summed E-state index contributed by atoms with van der Waals surface area (Å²) in [5.41, 5.74) is 7.32. The van der Waals surface area contributed by atoms with Crippen LogP contribution in [0, 0.1) is 0 Å². The van der Waals surface area contributed by atoms with E-state index in [1.165, 1.54) is 37.3 Å². The summed E-state index contributed by atoms with van der Waals surface area (Å²) in [4.78, 5) is 4.59. The van der Waals surface area contributed by atoms with Gasteiger partial charge in [-0.15, -0.1) is 0 Å². The van der Waals surface area contributed by atoms with E-state index in [1.54, 1.807) is 0 Å². The molecule has 0 saturated carbocycles. The highest BCUT2D eigenvalue weighted by atomic mass is 15.1. The first-order chi connectivity index (χ1) is 8.33. The Morgan fingerprint density at radius 3 is 3.18 bits per heavy atom. The molecule has 3 rings (SSSR count). The van der Waals surface area contributed by atoms with E-state index in [2.05, 4.69) is 14.9 Å². The van der Waals surface area contributed by atoms with Crippen LogP contribution in [0.4, 0.5) is 0 Å². The number of fused-ring (bicyclic) bond motifs is 1. The summed E-state index contributed by atoms with van der Waals surface area (Å²) < 4.78 is 2.39. The number of rotatable bonds is 2. The first-order valence-corrected chi connectivity index (χ1v) is 6.85. The highest BCUT2D eigenvalue weighted by Gasteiger charge is 2.21. The zero-order valence-corrected chi connectivity index (χ0v) is 10.4. The number of nitrogens with two attached hydrogens (primary N) is 1. The predicted molar refractivity (Wildman–Crippen MR) is 67.9 cm³/mol. The van der Waals surface area contributed by atoms with Crippen molar-refractivity contribution in [2.24, 2.45) is 5.73 Å². The van der Waals surface area contributed by atoms with E-state index in [4.69, 9.17) is 5.73 Å². The van der Waals surface area contributed by atoms with E-state index >= 15 is 0 Å². The SMILES string of the molecule is NC1CCn2c(cnc2CC2CCCCN2)C1. The molecule has 3 N–H and O–H groups in total. The van der Waals surface area contributed by atoms with Crippen molar-refractivity contribution in [2.45, 2.75) is 57.2 Å². The molecule has 2 aliphatic heterocycles. The van der Waals surface area contributed by atoms with Crippen LogP contribution in [0.5, 0.6) is 0 Å². The van der Waals surface area contributed by atoms with Gasteiger partial charge < -0.3 is 15.6 Å². The summed E-state index contributed by atoms with van der Waals surface area (Å²) >= 11 is 0. The fourth-order valence-electron chi connectivity index (χ4n) is 3.04. The van der Waals surface area contributed by atoms with Crippen LogP contribution < -0.4 is 11.1 Å². The Morgan fingerprint density at radius 2 is 2.35 bits per heavy atom. The average Bonchev–Trinajstić information content (AvgIpc) is 2.73. The Hall–Kier alpha value is -0.870. The molecule has 1 saturated heterocycles. The second-order valence-corrected chi connectivity index (χ2v) is 5.42. The number of hydrogen-bond acceptors (Lipinski definition) is 3. The van der Waals surface area contributed by atoms with Crippen LogP contribution in [0.25, 0.3) is 0 Å². The molecule has 4 nitrogen and oxygen atoms in total. The Labute approximate surface area is 103 Å². The molecular weight excluding hydrogens is 212 g/mol. The molecule has 3 heterocycles. The summed E-state index contributed by atoms with van der Waals surface area (Å²) in [5.74, 6) is 1.26. The van der Waals surface area contributed by atoms with E-state index in [9.17, 15) is 0 Å². The lowest BCUT2D eigenvalue weighted by Crippen LogP contribution is -2.37. The zero-order valence-electron chi connectivity index (χ0n) is 10.4. The monoisotopic (exact) mass is 234 g/mol. The van der Waals surface area contributed by atoms with Gasteiger partial charge >= 0.3 is 0 Å². The number of imidazole rings is 1. The van der Waals surface area contributed by atoms with E-state index in [-0.39, 0.29) is 0 Å². The third-order valence-electron chi connectivity index (χ3n) is 4.06. The Bertz CT molecular complexity index is 379. The van der Waals surface area contributed by atoms with E-state index in [1.807, 2.05) is 6.20 Å². The fourth-order valence-corrected chi connectivity index (χ4v) is 3.04. The molecule has 1 aromatic heterocycles. The molecule has 2 atom stereocenters. The lowest BCUT2D eigenvalue weighted by Gasteiger charge is -2.25. The number of nitrogens with zero attached hydrogens (tertiary/aromatic N) is 2. The first-order valence-electron chi connectivity index (χ1n) is 6.85. The Kier molecular flexibility index (Phi) is 3.16. The van der Waals surface area contributed by atoms with Crippen LogP contribution in [0.1, 0.15) is 37.2 Å². The lowest BCUT2D eigenvalue weighted by molar-refractivity contribution is 0.382. The average molecular weight is 234 g/mol. The van der Waals surface area contributed by atoms with Gasteiger partial charge in [-0.05, 0) is 25.8 Å². The van der Waals surface area contributed by atoms with Gasteiger partial charge in [0.25, 0.3) is 0 Å². The minimum absolute atomic E-state index is 0.333. The molecule has 1 aromatic rings. The number of piperidine rings is 1. The lowest BCUT2D eigenvalue weighted by atomic mass is 10.0. The van der Waals surface area contributed by atoms with Crippen molar-refractivity contribution in [1.29, 1.82) is 0 Å². The maximum atomic E-state index is 5.99. The normalized spacial score (nSPS) is 29.0. The first kappa shape index (κ1) is 11.2. The summed E-state index contributed by atoms with van der Waals surface area (Å²) in [6.07, 6.45) is 9.16. The van der Waals surface area contributed by atoms with E-state index < -0.39 is 0 Å². The largest absolute Gasteiger partial charge is 0.332 e. The molecule has 4 heteroatoms. The summed E-state index contributed by atoms with van der Waals surface area (Å²) in [6, 6.07) is 0.964. The number of nitrogens with one attached hydrogen (secondary N) is 1. The molecule has 94 valence electrons. The van der Waals surface area contributed by atoms with Crippen molar-refractivity contribution in [1.82, 2.24) is 14.9 Å². The molecule has 0 bridgehead atoms. The van der Waals surface area contributed by atoms with Gasteiger partial charge in [-0.3, -0.25) is 0 Å². The van der Waals surface area contributed by atoms with Gasteiger partial charge in [-0.25, -0.2) is 4.98 Å². The van der Waals surface area contributed by atoms with Crippen LogP contribution in [-0.2, 0) is 19.4 Å². The van der Waals surface area contributed by atoms with Gasteiger partial charge in [0, 0.05) is 43.4 Å². The zero-order chi connectivity index (χ0) is 11.7. The quantitative estimate of drug-likeness (QED) is 0.797. The summed E-state index contributed by atoms with van der Waals surface area (Å²) in [6.45, 7) is 2.22. The molecule has 0 spiro atoms. The van der Waals surface area contributed by atoms with Gasteiger partial charge in [0.2, 0.25) is 0 Å². The van der Waals surface area contributed by atoms with Crippen molar-refractivity contribution >= 4 is 0 Å². The standard InChI is InChI=1S/C13H22N4/c14-10-4-6-17-12(7-10)9-16-13(17)8-11-3-1-2-5-15-11/h9-11,15H,1-8,14H2. The van der Waals surface area contributed by atoms with Crippen molar-refractivity contribution in [3.05, 3.63) is 17.7 Å². The number of aromatic nitrogens is 2. The van der Waals surface area contributed by atoms with Crippen LogP contribution in [0.2, 0.25) is 0 Å². The van der Waals surface area contributed by atoms with Crippen molar-refractivity contribution in [3.63, 3.8) is 0 Å². The molecule has 2 unspecified atom stereocenters. The maximum Gasteiger partial charge on any atom is 0.110 e. The molecular formula is C13H22N4. The molecule has 0 radical (unpaired) electrons.